The molecule has 0 spiro atoms. The monoisotopic (exact) mass is 221 g/mol. The number of amides is 1. The quantitative estimate of drug-likeness (QED) is 0.629. The number of carbonyl (C=O) groups is 1. The van der Waals surface area contributed by atoms with E-state index in [-0.39, 0.29) is 18.6 Å². The second kappa shape index (κ2) is 7.94. The third kappa shape index (κ3) is 8.19. The largest absolute Gasteiger partial charge is 0.372 e. The van der Waals surface area contributed by atoms with Gasteiger partial charge in [-0.3, -0.25) is 9.00 Å². The van der Waals surface area contributed by atoms with Crippen LogP contribution in [0.5, 0.6) is 0 Å². The first-order valence-electron chi connectivity index (χ1n) is 4.73. The first-order valence-corrected chi connectivity index (χ1v) is 6.46. The van der Waals surface area contributed by atoms with Crippen molar-refractivity contribution in [2.45, 2.75) is 26.3 Å². The van der Waals surface area contributed by atoms with Crippen LogP contribution in [0.2, 0.25) is 0 Å². The van der Waals surface area contributed by atoms with E-state index in [1.807, 2.05) is 13.8 Å². The fraction of sp³-hybridized carbons (Fsp3) is 0.889. The zero-order valence-electron chi connectivity index (χ0n) is 9.04. The highest BCUT2D eigenvalue weighted by molar-refractivity contribution is 7.84. The smallest absolute Gasteiger partial charge is 0.246 e. The molecule has 0 heterocycles. The van der Waals surface area contributed by atoms with Crippen LogP contribution >= 0.6 is 0 Å². The van der Waals surface area contributed by atoms with Crippen LogP contribution in [0.4, 0.5) is 0 Å². The summed E-state index contributed by atoms with van der Waals surface area (Å²) >= 11 is 0. The van der Waals surface area contributed by atoms with E-state index < -0.39 is 10.8 Å². The first kappa shape index (κ1) is 13.6. The minimum Gasteiger partial charge on any atom is -0.372 e. The Morgan fingerprint density at radius 1 is 1.57 bits per heavy atom. The van der Waals surface area contributed by atoms with Gasteiger partial charge in [0.2, 0.25) is 5.91 Å². The molecule has 84 valence electrons. The lowest BCUT2D eigenvalue weighted by Crippen LogP contribution is -2.38. The van der Waals surface area contributed by atoms with Crippen LogP contribution in [-0.2, 0) is 20.3 Å². The van der Waals surface area contributed by atoms with Crippen molar-refractivity contribution in [1.29, 1.82) is 0 Å². The van der Waals surface area contributed by atoms with E-state index in [9.17, 15) is 9.00 Å². The highest BCUT2D eigenvalue weighted by Gasteiger charge is 2.08. The van der Waals surface area contributed by atoms with Crippen LogP contribution < -0.4 is 5.32 Å². The van der Waals surface area contributed by atoms with Gasteiger partial charge in [0.05, 0.1) is 0 Å². The molecule has 0 saturated carbocycles. The molecule has 2 unspecified atom stereocenters. The van der Waals surface area contributed by atoms with Gasteiger partial charge in [-0.05, 0) is 13.3 Å². The highest BCUT2D eigenvalue weighted by Crippen LogP contribution is 1.87. The number of hydrogen-bond acceptors (Lipinski definition) is 3. The van der Waals surface area contributed by atoms with E-state index in [1.54, 1.807) is 6.26 Å². The van der Waals surface area contributed by atoms with Gasteiger partial charge in [-0.1, -0.05) is 6.92 Å². The Morgan fingerprint density at radius 2 is 2.21 bits per heavy atom. The zero-order chi connectivity index (χ0) is 11.0. The van der Waals surface area contributed by atoms with Crippen molar-refractivity contribution in [3.63, 3.8) is 0 Å². The summed E-state index contributed by atoms with van der Waals surface area (Å²) in [5.74, 6) is 0.343. The minimum atomic E-state index is -0.875. The third-order valence-corrected chi connectivity index (χ3v) is 2.44. The predicted octanol–water partition coefficient (Wildman–Crippen LogP) is 0.296. The van der Waals surface area contributed by atoms with Crippen molar-refractivity contribution >= 4 is 16.7 Å². The fourth-order valence-electron chi connectivity index (χ4n) is 1.02. The van der Waals surface area contributed by atoms with Crippen LogP contribution in [0.15, 0.2) is 0 Å². The molecule has 14 heavy (non-hydrogen) atoms. The molecule has 1 amide bonds. The Kier molecular flexibility index (Phi) is 7.70. The first-order chi connectivity index (χ1) is 6.56. The number of hydrogen-bond donors (Lipinski definition) is 1. The van der Waals surface area contributed by atoms with Gasteiger partial charge in [-0.2, -0.15) is 0 Å². The van der Waals surface area contributed by atoms with Gasteiger partial charge in [0.15, 0.2) is 0 Å². The molecule has 0 saturated heterocycles. The normalized spacial score (nSPS) is 14.8. The van der Waals surface area contributed by atoms with Crippen molar-refractivity contribution < 1.29 is 13.7 Å². The van der Waals surface area contributed by atoms with Gasteiger partial charge in [0.1, 0.15) is 6.61 Å². The van der Waals surface area contributed by atoms with Crippen molar-refractivity contribution in [3.8, 4) is 0 Å². The second-order valence-corrected chi connectivity index (χ2v) is 4.74. The maximum atomic E-state index is 11.2. The Hall–Kier alpha value is -0.420. The van der Waals surface area contributed by atoms with Gasteiger partial charge in [-0.25, -0.2) is 0 Å². The summed E-state index contributed by atoms with van der Waals surface area (Å²) in [6.45, 7) is 4.51. The summed E-state index contributed by atoms with van der Waals surface area (Å²) < 4.78 is 15.9. The van der Waals surface area contributed by atoms with Crippen LogP contribution in [0.3, 0.4) is 0 Å². The molecule has 4 nitrogen and oxygen atoms in total. The van der Waals surface area contributed by atoms with Crippen molar-refractivity contribution in [2.24, 2.45) is 0 Å². The summed E-state index contributed by atoms with van der Waals surface area (Å²) in [5.41, 5.74) is 0. The molecule has 0 aromatic rings. The van der Waals surface area contributed by atoms with Crippen molar-refractivity contribution in [3.05, 3.63) is 0 Å². The molecule has 0 aliphatic carbocycles. The van der Waals surface area contributed by atoms with Gasteiger partial charge < -0.3 is 10.1 Å². The van der Waals surface area contributed by atoms with Crippen LogP contribution in [0.25, 0.3) is 0 Å². The van der Waals surface area contributed by atoms with E-state index in [0.717, 1.165) is 6.42 Å². The molecule has 0 aromatic heterocycles. The summed E-state index contributed by atoms with van der Waals surface area (Å²) in [6.07, 6.45) is 2.53. The number of carbonyl (C=O) groups excluding carboxylic acids is 1. The van der Waals surface area contributed by atoms with Crippen molar-refractivity contribution in [1.82, 2.24) is 5.32 Å². The van der Waals surface area contributed by atoms with E-state index in [1.165, 1.54) is 0 Å². The van der Waals surface area contributed by atoms with E-state index in [0.29, 0.717) is 12.4 Å². The van der Waals surface area contributed by atoms with Gasteiger partial charge in [0, 0.05) is 35.5 Å². The zero-order valence-corrected chi connectivity index (χ0v) is 9.86. The molecule has 0 bridgehead atoms. The Labute approximate surface area is 87.9 Å². The lowest BCUT2D eigenvalue weighted by atomic mass is 10.4. The van der Waals surface area contributed by atoms with Crippen LogP contribution in [0.1, 0.15) is 20.3 Å². The number of rotatable bonds is 7. The van der Waals surface area contributed by atoms with Gasteiger partial charge in [-0.15, -0.1) is 0 Å². The number of nitrogens with one attached hydrogen (secondary N) is 1. The van der Waals surface area contributed by atoms with Crippen LogP contribution in [0, 0.1) is 0 Å². The molecule has 2 atom stereocenters. The molecular formula is C9H19NO3S. The molecule has 0 aliphatic heterocycles. The molecule has 0 rings (SSSR count). The van der Waals surface area contributed by atoms with Crippen molar-refractivity contribution in [2.75, 3.05) is 25.2 Å². The maximum absolute atomic E-state index is 11.2. The molecular weight excluding hydrogens is 202 g/mol. The molecule has 0 radical (unpaired) electrons. The fourth-order valence-corrected chi connectivity index (χ4v) is 1.81. The van der Waals surface area contributed by atoms with E-state index >= 15 is 0 Å². The topological polar surface area (TPSA) is 55.4 Å². The highest BCUT2D eigenvalue weighted by atomic mass is 32.2. The summed E-state index contributed by atoms with van der Waals surface area (Å²) in [5, 5.41) is 2.71. The summed E-state index contributed by atoms with van der Waals surface area (Å²) in [4.78, 5) is 11.2. The second-order valence-electron chi connectivity index (χ2n) is 3.26. The van der Waals surface area contributed by atoms with Gasteiger partial charge >= 0.3 is 0 Å². The molecule has 0 aromatic carbocycles. The van der Waals surface area contributed by atoms with E-state index in [4.69, 9.17) is 4.74 Å². The predicted molar refractivity (Wildman–Crippen MR) is 57.6 cm³/mol. The minimum absolute atomic E-state index is 0.0569. The third-order valence-electron chi connectivity index (χ3n) is 1.47. The van der Waals surface area contributed by atoms with Gasteiger partial charge in [0.25, 0.3) is 0 Å². The van der Waals surface area contributed by atoms with Crippen LogP contribution in [-0.4, -0.2) is 41.4 Å². The average molecular weight is 221 g/mol. The molecule has 1 N–H and O–H groups in total. The number of ether oxygens (including phenoxy) is 1. The van der Waals surface area contributed by atoms with E-state index in [2.05, 4.69) is 5.32 Å². The molecule has 0 fully saturated rings. The SMILES string of the molecule is CCCOCC(=O)NC(C)CS(C)=O. The lowest BCUT2D eigenvalue weighted by Gasteiger charge is -2.12. The standard InChI is InChI=1S/C9H19NO3S/c1-4-5-13-6-9(11)10-8(2)7-14(3)12/h8H,4-7H2,1-3H3,(H,10,11). The Balaban J connectivity index is 3.55. The molecule has 5 heteroatoms. The maximum Gasteiger partial charge on any atom is 0.246 e. The lowest BCUT2D eigenvalue weighted by molar-refractivity contribution is -0.126. The average Bonchev–Trinajstić information content (AvgIpc) is 2.02. The summed E-state index contributed by atoms with van der Waals surface area (Å²) in [7, 11) is -0.875. The molecule has 0 aliphatic rings. The Bertz CT molecular complexity index is 196. The summed E-state index contributed by atoms with van der Waals surface area (Å²) in [6, 6.07) is -0.0569. The Morgan fingerprint density at radius 3 is 2.71 bits per heavy atom.